The van der Waals surface area contributed by atoms with E-state index in [-0.39, 0.29) is 5.75 Å². The Labute approximate surface area is 125 Å². The van der Waals surface area contributed by atoms with E-state index in [1.165, 1.54) is 7.11 Å². The first-order valence-electron chi connectivity index (χ1n) is 6.56. The second-order valence-electron chi connectivity index (χ2n) is 5.10. The summed E-state index contributed by atoms with van der Waals surface area (Å²) in [7, 11) is -1.91. The van der Waals surface area contributed by atoms with Crippen LogP contribution in [0.25, 0.3) is 0 Å². The smallest absolute Gasteiger partial charge is 0.182 e. The Kier molecular flexibility index (Phi) is 4.23. The number of benzene rings is 2. The van der Waals surface area contributed by atoms with Crippen molar-refractivity contribution in [2.75, 3.05) is 12.8 Å². The summed E-state index contributed by atoms with van der Waals surface area (Å²) in [6.07, 6.45) is 0. The maximum Gasteiger partial charge on any atom is 0.182 e. The Morgan fingerprint density at radius 2 is 1.81 bits per heavy atom. The summed E-state index contributed by atoms with van der Waals surface area (Å²) in [5, 5.41) is 0. The number of hydrogen-bond donors (Lipinski definition) is 1. The van der Waals surface area contributed by atoms with Crippen molar-refractivity contribution in [3.05, 3.63) is 53.1 Å². The molecule has 2 aromatic rings. The van der Waals surface area contributed by atoms with E-state index in [1.54, 1.807) is 31.2 Å². The average Bonchev–Trinajstić information content (AvgIpc) is 2.37. The van der Waals surface area contributed by atoms with Crippen molar-refractivity contribution in [1.82, 2.24) is 0 Å². The van der Waals surface area contributed by atoms with Gasteiger partial charge in [-0.2, -0.15) is 0 Å². The third kappa shape index (κ3) is 3.36. The number of nitrogen functional groups attached to an aromatic ring is 1. The van der Waals surface area contributed by atoms with Gasteiger partial charge in [-0.15, -0.1) is 0 Å². The van der Waals surface area contributed by atoms with Gasteiger partial charge in [-0.25, -0.2) is 8.42 Å². The monoisotopic (exact) mass is 305 g/mol. The van der Waals surface area contributed by atoms with Gasteiger partial charge in [0.05, 0.1) is 17.8 Å². The van der Waals surface area contributed by atoms with E-state index in [1.807, 2.05) is 19.1 Å². The maximum atomic E-state index is 12.6. The van der Waals surface area contributed by atoms with Gasteiger partial charge in [0.25, 0.3) is 0 Å². The first-order chi connectivity index (χ1) is 9.83. The molecular weight excluding hydrogens is 286 g/mol. The highest BCUT2D eigenvalue weighted by Crippen LogP contribution is 2.27. The Bertz CT molecular complexity index is 767. The first-order valence-corrected chi connectivity index (χ1v) is 8.21. The molecule has 0 saturated carbocycles. The maximum absolute atomic E-state index is 12.6. The van der Waals surface area contributed by atoms with Crippen LogP contribution < -0.4 is 10.5 Å². The number of hydrogen-bond acceptors (Lipinski definition) is 4. The zero-order valence-electron chi connectivity index (χ0n) is 12.4. The Balaban J connectivity index is 2.44. The van der Waals surface area contributed by atoms with Gasteiger partial charge < -0.3 is 10.5 Å². The van der Waals surface area contributed by atoms with Gasteiger partial charge in [-0.1, -0.05) is 17.7 Å². The molecule has 0 atom stereocenters. The molecule has 0 unspecified atom stereocenters. The molecule has 0 aliphatic rings. The number of methoxy groups -OCH3 is 1. The van der Waals surface area contributed by atoms with E-state index in [0.29, 0.717) is 27.5 Å². The lowest BCUT2D eigenvalue weighted by atomic mass is 10.1. The quantitative estimate of drug-likeness (QED) is 0.882. The summed E-state index contributed by atoms with van der Waals surface area (Å²) in [5.74, 6) is 0.486. The van der Waals surface area contributed by atoms with Gasteiger partial charge in [0, 0.05) is 11.3 Å². The van der Waals surface area contributed by atoms with Crippen molar-refractivity contribution in [1.29, 1.82) is 0 Å². The largest absolute Gasteiger partial charge is 0.496 e. The van der Waals surface area contributed by atoms with Gasteiger partial charge in [0.2, 0.25) is 0 Å². The van der Waals surface area contributed by atoms with E-state index in [2.05, 4.69) is 0 Å². The van der Waals surface area contributed by atoms with Crippen molar-refractivity contribution < 1.29 is 13.2 Å². The van der Waals surface area contributed by atoms with Crippen LogP contribution in [-0.4, -0.2) is 15.5 Å². The summed E-state index contributed by atoms with van der Waals surface area (Å²) in [5.41, 5.74) is 8.54. The lowest BCUT2D eigenvalue weighted by molar-refractivity contribution is 0.411. The number of aryl methyl sites for hydroxylation is 2. The highest BCUT2D eigenvalue weighted by Gasteiger charge is 2.20. The molecule has 0 heterocycles. The lowest BCUT2D eigenvalue weighted by Gasteiger charge is -2.12. The lowest BCUT2D eigenvalue weighted by Crippen LogP contribution is -2.08. The third-order valence-electron chi connectivity index (χ3n) is 3.32. The molecule has 0 spiro atoms. The summed E-state index contributed by atoms with van der Waals surface area (Å²) < 4.78 is 30.5. The zero-order valence-corrected chi connectivity index (χ0v) is 13.2. The molecule has 0 aliphatic carbocycles. The summed E-state index contributed by atoms with van der Waals surface area (Å²) >= 11 is 0. The zero-order chi connectivity index (χ0) is 15.6. The Hall–Kier alpha value is -2.01. The highest BCUT2D eigenvalue weighted by molar-refractivity contribution is 7.90. The van der Waals surface area contributed by atoms with Gasteiger partial charge in [0.1, 0.15) is 5.75 Å². The van der Waals surface area contributed by atoms with Crippen molar-refractivity contribution in [2.24, 2.45) is 0 Å². The van der Waals surface area contributed by atoms with Gasteiger partial charge >= 0.3 is 0 Å². The topological polar surface area (TPSA) is 69.4 Å². The third-order valence-corrected chi connectivity index (χ3v) is 5.13. The number of anilines is 1. The van der Waals surface area contributed by atoms with E-state index in [9.17, 15) is 8.42 Å². The standard InChI is InChI=1S/C16H19NO3S/c1-11-4-6-15(20-3)13(8-11)10-21(18,19)16-7-5-14(17)9-12(16)2/h4-9H,10,17H2,1-3H3. The minimum absolute atomic E-state index is 0.0946. The first kappa shape index (κ1) is 15.4. The van der Waals surface area contributed by atoms with Crippen LogP contribution in [0, 0.1) is 13.8 Å². The van der Waals surface area contributed by atoms with E-state index in [0.717, 1.165) is 5.56 Å². The van der Waals surface area contributed by atoms with Crippen LogP contribution in [0.5, 0.6) is 5.75 Å². The fourth-order valence-electron chi connectivity index (χ4n) is 2.32. The molecule has 21 heavy (non-hydrogen) atoms. The average molecular weight is 305 g/mol. The number of sulfone groups is 1. The van der Waals surface area contributed by atoms with Crippen LogP contribution in [0.3, 0.4) is 0 Å². The van der Waals surface area contributed by atoms with Crippen LogP contribution >= 0.6 is 0 Å². The molecule has 0 bridgehead atoms. The fraction of sp³-hybridized carbons (Fsp3) is 0.250. The number of nitrogens with two attached hydrogens (primary N) is 1. The molecule has 0 saturated heterocycles. The molecule has 0 amide bonds. The van der Waals surface area contributed by atoms with Gasteiger partial charge in [0.15, 0.2) is 9.84 Å². The molecule has 0 radical (unpaired) electrons. The molecule has 2 aromatic carbocycles. The molecule has 0 aliphatic heterocycles. The Morgan fingerprint density at radius 1 is 1.10 bits per heavy atom. The molecule has 112 valence electrons. The molecule has 2 N–H and O–H groups in total. The van der Waals surface area contributed by atoms with Crippen LogP contribution in [0.15, 0.2) is 41.3 Å². The van der Waals surface area contributed by atoms with Crippen molar-refractivity contribution in [2.45, 2.75) is 24.5 Å². The van der Waals surface area contributed by atoms with Crippen molar-refractivity contribution in [3.8, 4) is 5.75 Å². The minimum atomic E-state index is -3.45. The molecule has 5 heteroatoms. The predicted molar refractivity (Wildman–Crippen MR) is 84.2 cm³/mol. The molecule has 2 rings (SSSR count). The van der Waals surface area contributed by atoms with Crippen LogP contribution in [0.4, 0.5) is 5.69 Å². The highest BCUT2D eigenvalue weighted by atomic mass is 32.2. The molecule has 0 fully saturated rings. The normalized spacial score (nSPS) is 11.4. The van der Waals surface area contributed by atoms with Crippen LogP contribution in [0.1, 0.15) is 16.7 Å². The summed E-state index contributed by atoms with van der Waals surface area (Å²) in [6.45, 7) is 3.67. The summed E-state index contributed by atoms with van der Waals surface area (Å²) in [6, 6.07) is 10.3. The molecule has 4 nitrogen and oxygen atoms in total. The fourth-order valence-corrected chi connectivity index (χ4v) is 3.94. The number of ether oxygens (including phenoxy) is 1. The second-order valence-corrected chi connectivity index (χ2v) is 7.06. The van der Waals surface area contributed by atoms with Crippen LogP contribution in [0.2, 0.25) is 0 Å². The van der Waals surface area contributed by atoms with E-state index in [4.69, 9.17) is 10.5 Å². The summed E-state index contributed by atoms with van der Waals surface area (Å²) in [4.78, 5) is 0.306. The van der Waals surface area contributed by atoms with E-state index >= 15 is 0 Å². The van der Waals surface area contributed by atoms with Crippen molar-refractivity contribution >= 4 is 15.5 Å². The number of rotatable bonds is 4. The van der Waals surface area contributed by atoms with Gasteiger partial charge in [-0.3, -0.25) is 0 Å². The second kappa shape index (κ2) is 5.77. The molecule has 0 aromatic heterocycles. The van der Waals surface area contributed by atoms with Crippen molar-refractivity contribution in [3.63, 3.8) is 0 Å². The van der Waals surface area contributed by atoms with E-state index < -0.39 is 9.84 Å². The van der Waals surface area contributed by atoms with Crippen LogP contribution in [-0.2, 0) is 15.6 Å². The predicted octanol–water partition coefficient (Wildman–Crippen LogP) is 2.87. The Morgan fingerprint density at radius 3 is 2.43 bits per heavy atom. The SMILES string of the molecule is COc1ccc(C)cc1CS(=O)(=O)c1ccc(N)cc1C. The van der Waals surface area contributed by atoms with Gasteiger partial charge in [-0.05, 0) is 43.7 Å². The molecular formula is C16H19NO3S. The minimum Gasteiger partial charge on any atom is -0.496 e.